The number of carbonyl (C=O) groups excluding carboxylic acids is 2. The molecule has 0 unspecified atom stereocenters. The molecule has 0 aliphatic carbocycles. The molecule has 1 fully saturated rings. The second-order valence-corrected chi connectivity index (χ2v) is 4.54. The number of hydrogen-bond acceptors (Lipinski definition) is 4. The van der Waals surface area contributed by atoms with E-state index in [9.17, 15) is 9.59 Å². The number of anilines is 1. The summed E-state index contributed by atoms with van der Waals surface area (Å²) in [5.41, 5.74) is 1.35. The minimum Gasteiger partial charge on any atom is -0.292 e. The molecule has 7 nitrogen and oxygen atoms in total. The smallest absolute Gasteiger partial charge is 0.292 e. The van der Waals surface area contributed by atoms with Crippen LogP contribution in [0.3, 0.4) is 0 Å². The van der Waals surface area contributed by atoms with E-state index in [2.05, 4.69) is 31.3 Å². The number of fused-ring (bicyclic) bond motifs is 1. The van der Waals surface area contributed by atoms with E-state index in [-0.39, 0.29) is 5.91 Å². The first kappa shape index (κ1) is 11.1. The Morgan fingerprint density at radius 2 is 2.17 bits per heavy atom. The van der Waals surface area contributed by atoms with Gasteiger partial charge in [0.05, 0.1) is 11.9 Å². The van der Waals surface area contributed by atoms with Gasteiger partial charge in [-0.3, -0.25) is 15.0 Å². The number of nitrogens with one attached hydrogen (secondary N) is 1. The van der Waals surface area contributed by atoms with Crippen molar-refractivity contribution in [3.63, 3.8) is 0 Å². The Hall–Kier alpha value is -1.96. The second-order valence-electron chi connectivity index (χ2n) is 3.83. The molecule has 1 saturated heterocycles. The Balaban J connectivity index is 1.98. The van der Waals surface area contributed by atoms with E-state index in [1.165, 1.54) is 4.90 Å². The van der Waals surface area contributed by atoms with Crippen LogP contribution in [0, 0.1) is 0 Å². The Labute approximate surface area is 110 Å². The Morgan fingerprint density at radius 3 is 2.94 bits per heavy atom. The average molecular weight is 310 g/mol. The summed E-state index contributed by atoms with van der Waals surface area (Å²) in [7, 11) is 0. The first-order chi connectivity index (χ1) is 8.63. The first-order valence-electron chi connectivity index (χ1n) is 5.27. The summed E-state index contributed by atoms with van der Waals surface area (Å²) in [4.78, 5) is 28.4. The summed E-state index contributed by atoms with van der Waals surface area (Å²) in [6, 6.07) is 3.12. The van der Waals surface area contributed by atoms with E-state index in [0.29, 0.717) is 29.0 Å². The van der Waals surface area contributed by atoms with E-state index in [1.54, 1.807) is 22.8 Å². The van der Waals surface area contributed by atoms with Gasteiger partial charge in [-0.2, -0.15) is 0 Å². The van der Waals surface area contributed by atoms with Gasteiger partial charge in [0.1, 0.15) is 0 Å². The van der Waals surface area contributed by atoms with Crippen molar-refractivity contribution >= 4 is 39.2 Å². The van der Waals surface area contributed by atoms with Crippen molar-refractivity contribution in [3.8, 4) is 0 Å². The quantitative estimate of drug-likeness (QED) is 0.850. The fraction of sp³-hybridized carbons (Fsp3) is 0.200. The van der Waals surface area contributed by atoms with Crippen LogP contribution in [0.5, 0.6) is 0 Å². The Kier molecular flexibility index (Phi) is 2.51. The highest BCUT2D eigenvalue weighted by molar-refractivity contribution is 9.10. The van der Waals surface area contributed by atoms with Crippen molar-refractivity contribution in [3.05, 3.63) is 23.1 Å². The van der Waals surface area contributed by atoms with Crippen LogP contribution in [-0.4, -0.2) is 33.1 Å². The SMILES string of the molecule is O=C1CCN(c2ccc3nc(Br)nn3c2)C(=O)N1. The summed E-state index contributed by atoms with van der Waals surface area (Å²) >= 11 is 3.18. The molecule has 0 bridgehead atoms. The highest BCUT2D eigenvalue weighted by atomic mass is 79.9. The largest absolute Gasteiger partial charge is 0.328 e. The number of amides is 3. The Morgan fingerprint density at radius 1 is 1.33 bits per heavy atom. The predicted molar refractivity (Wildman–Crippen MR) is 66.2 cm³/mol. The summed E-state index contributed by atoms with van der Waals surface area (Å²) in [6.45, 7) is 0.367. The van der Waals surface area contributed by atoms with Gasteiger partial charge in [-0.05, 0) is 28.1 Å². The summed E-state index contributed by atoms with van der Waals surface area (Å²) < 4.78 is 2.06. The van der Waals surface area contributed by atoms with Gasteiger partial charge in [0.25, 0.3) is 0 Å². The number of aromatic nitrogens is 3. The molecule has 0 radical (unpaired) electrons. The topological polar surface area (TPSA) is 79.6 Å². The molecule has 1 aliphatic heterocycles. The third kappa shape index (κ3) is 1.84. The van der Waals surface area contributed by atoms with Crippen LogP contribution in [0.4, 0.5) is 10.5 Å². The van der Waals surface area contributed by atoms with Crippen molar-refractivity contribution in [1.29, 1.82) is 0 Å². The maximum absolute atomic E-state index is 11.7. The molecule has 2 aromatic rings. The molecule has 18 heavy (non-hydrogen) atoms. The summed E-state index contributed by atoms with van der Waals surface area (Å²) in [5.74, 6) is -0.249. The maximum Gasteiger partial charge on any atom is 0.328 e. The summed E-state index contributed by atoms with van der Waals surface area (Å²) in [5, 5.41) is 6.38. The number of carbonyl (C=O) groups is 2. The summed E-state index contributed by atoms with van der Waals surface area (Å²) in [6.07, 6.45) is 1.99. The maximum atomic E-state index is 11.7. The van der Waals surface area contributed by atoms with Gasteiger partial charge in [-0.1, -0.05) is 0 Å². The molecule has 0 saturated carbocycles. The molecule has 0 aromatic carbocycles. The zero-order chi connectivity index (χ0) is 12.7. The molecule has 8 heteroatoms. The highest BCUT2D eigenvalue weighted by Crippen LogP contribution is 2.18. The monoisotopic (exact) mass is 309 g/mol. The van der Waals surface area contributed by atoms with Crippen LogP contribution < -0.4 is 10.2 Å². The molecular formula is C10H8BrN5O2. The predicted octanol–water partition coefficient (Wildman–Crippen LogP) is 0.938. The number of hydrogen-bond donors (Lipinski definition) is 1. The fourth-order valence-electron chi connectivity index (χ4n) is 1.82. The molecule has 0 spiro atoms. The number of rotatable bonds is 1. The van der Waals surface area contributed by atoms with Crippen molar-refractivity contribution < 1.29 is 9.59 Å². The normalized spacial score (nSPS) is 16.2. The molecule has 92 valence electrons. The van der Waals surface area contributed by atoms with Gasteiger partial charge in [0.15, 0.2) is 5.65 Å². The number of urea groups is 1. The third-order valence-corrected chi connectivity index (χ3v) is 2.99. The molecular weight excluding hydrogens is 302 g/mol. The lowest BCUT2D eigenvalue weighted by molar-refractivity contribution is -0.120. The van der Waals surface area contributed by atoms with Crippen LogP contribution in [-0.2, 0) is 4.79 Å². The zero-order valence-electron chi connectivity index (χ0n) is 9.13. The van der Waals surface area contributed by atoms with Crippen LogP contribution in [0.2, 0.25) is 0 Å². The average Bonchev–Trinajstić information content (AvgIpc) is 2.68. The molecule has 0 atom stereocenters. The van der Waals surface area contributed by atoms with Gasteiger partial charge < -0.3 is 0 Å². The number of halogens is 1. The van der Waals surface area contributed by atoms with Crippen molar-refractivity contribution in [1.82, 2.24) is 19.9 Å². The lowest BCUT2D eigenvalue weighted by Crippen LogP contribution is -2.49. The minimum atomic E-state index is -0.412. The molecule has 3 amide bonds. The molecule has 1 N–H and O–H groups in total. The van der Waals surface area contributed by atoms with Crippen molar-refractivity contribution in [2.45, 2.75) is 6.42 Å². The van der Waals surface area contributed by atoms with E-state index in [1.807, 2.05) is 0 Å². The van der Waals surface area contributed by atoms with Crippen LogP contribution in [0.25, 0.3) is 5.65 Å². The number of imide groups is 1. The van der Waals surface area contributed by atoms with E-state index < -0.39 is 6.03 Å². The number of nitrogens with zero attached hydrogens (tertiary/aromatic N) is 4. The zero-order valence-corrected chi connectivity index (χ0v) is 10.7. The molecule has 1 aliphatic rings. The van der Waals surface area contributed by atoms with E-state index >= 15 is 0 Å². The minimum absolute atomic E-state index is 0.249. The lowest BCUT2D eigenvalue weighted by Gasteiger charge is -2.26. The number of pyridine rings is 1. The fourth-order valence-corrected chi connectivity index (χ4v) is 2.17. The molecule has 2 aromatic heterocycles. The van der Waals surface area contributed by atoms with Gasteiger partial charge in [-0.15, -0.1) is 5.10 Å². The Bertz CT molecular complexity index is 653. The van der Waals surface area contributed by atoms with Crippen molar-refractivity contribution in [2.24, 2.45) is 0 Å². The second kappa shape index (κ2) is 4.05. The van der Waals surface area contributed by atoms with Crippen LogP contribution >= 0.6 is 15.9 Å². The van der Waals surface area contributed by atoms with Gasteiger partial charge in [-0.25, -0.2) is 14.3 Å². The van der Waals surface area contributed by atoms with Crippen molar-refractivity contribution in [2.75, 3.05) is 11.4 Å². The molecule has 3 rings (SSSR count). The van der Waals surface area contributed by atoms with Gasteiger partial charge >= 0.3 is 6.03 Å². The lowest BCUT2D eigenvalue weighted by atomic mass is 10.3. The van der Waals surface area contributed by atoms with Crippen LogP contribution in [0.15, 0.2) is 23.1 Å². The standard InChI is InChI=1S/C10H8BrN5O2/c11-9-12-7-2-1-6(5-16(7)14-9)15-4-3-8(17)13-10(15)18/h1-2,5H,3-4H2,(H,13,17,18). The van der Waals surface area contributed by atoms with Crippen LogP contribution in [0.1, 0.15) is 6.42 Å². The van der Waals surface area contributed by atoms with E-state index in [4.69, 9.17) is 0 Å². The van der Waals surface area contributed by atoms with E-state index in [0.717, 1.165) is 0 Å². The molecule has 3 heterocycles. The highest BCUT2D eigenvalue weighted by Gasteiger charge is 2.24. The van der Waals surface area contributed by atoms with Gasteiger partial charge in [0, 0.05) is 13.0 Å². The first-order valence-corrected chi connectivity index (χ1v) is 6.06. The third-order valence-electron chi connectivity index (χ3n) is 2.66. The van der Waals surface area contributed by atoms with Gasteiger partial charge in [0.2, 0.25) is 10.6 Å².